The van der Waals surface area contributed by atoms with Gasteiger partial charge in [-0.05, 0) is 0 Å². The molecule has 2 nitrogen and oxygen atoms in total. The molecule has 0 bridgehead atoms. The van der Waals surface area contributed by atoms with Gasteiger partial charge in [-0.1, -0.05) is 0 Å². The first kappa shape index (κ1) is 12.9. The van der Waals surface area contributed by atoms with Crippen molar-refractivity contribution in [1.29, 1.82) is 0 Å². The van der Waals surface area contributed by atoms with Gasteiger partial charge >= 0.3 is 119 Å². The third-order valence-corrected chi connectivity index (χ3v) is 6.42. The van der Waals surface area contributed by atoms with Crippen molar-refractivity contribution in [2.75, 3.05) is 0 Å². The number of benzene rings is 2. The second-order valence-electron chi connectivity index (χ2n) is 4.95. The summed E-state index contributed by atoms with van der Waals surface area (Å²) in [5, 5.41) is 23.5. The zero-order valence-corrected chi connectivity index (χ0v) is 12.2. The average Bonchev–Trinajstić information content (AvgIpc) is 2.79. The third kappa shape index (κ3) is 1.94. The molecule has 0 aliphatic carbocycles. The van der Waals surface area contributed by atoms with Gasteiger partial charge in [-0.15, -0.1) is 0 Å². The summed E-state index contributed by atoms with van der Waals surface area (Å²) in [4.78, 5) is 0. The van der Waals surface area contributed by atoms with Crippen LogP contribution < -0.4 is 0 Å². The van der Waals surface area contributed by atoms with Gasteiger partial charge in [0.2, 0.25) is 0 Å². The van der Waals surface area contributed by atoms with E-state index < -0.39 is 11.2 Å². The van der Waals surface area contributed by atoms with Gasteiger partial charge in [0.05, 0.1) is 0 Å². The monoisotopic (exact) mass is 320 g/mol. The average molecular weight is 319 g/mol. The molecule has 3 rings (SSSR count). The molecule has 0 radical (unpaired) electrons. The van der Waals surface area contributed by atoms with Crippen molar-refractivity contribution in [1.82, 2.24) is 0 Å². The van der Waals surface area contributed by atoms with Crippen molar-refractivity contribution in [3.63, 3.8) is 0 Å². The molecular weight excluding hydrogens is 303 g/mol. The number of rotatable bonds is 2. The molecule has 1 aliphatic rings. The van der Waals surface area contributed by atoms with Crippen LogP contribution in [0.4, 0.5) is 0 Å². The standard InChI is InChI=1S/C16H16O2Se/c17-15(13-7-3-1-4-8-13)11-19-12-16(15,18)14-9-5-2-6-10-14/h1-10,17-18H,11-12H2/t15-,16+. The van der Waals surface area contributed by atoms with Crippen molar-refractivity contribution in [2.24, 2.45) is 0 Å². The van der Waals surface area contributed by atoms with E-state index in [1.54, 1.807) is 0 Å². The zero-order valence-electron chi connectivity index (χ0n) is 10.5. The quantitative estimate of drug-likeness (QED) is 0.834. The molecule has 0 saturated carbocycles. The molecule has 98 valence electrons. The Bertz CT molecular complexity index is 506. The van der Waals surface area contributed by atoms with Crippen molar-refractivity contribution in [3.05, 3.63) is 71.8 Å². The molecule has 2 N–H and O–H groups in total. The fraction of sp³-hybridized carbons (Fsp3) is 0.250. The molecule has 0 unspecified atom stereocenters. The molecule has 0 spiro atoms. The first-order chi connectivity index (χ1) is 9.17. The number of hydrogen-bond donors (Lipinski definition) is 2. The van der Waals surface area contributed by atoms with E-state index in [0.29, 0.717) is 10.6 Å². The van der Waals surface area contributed by atoms with E-state index in [2.05, 4.69) is 0 Å². The maximum atomic E-state index is 11.1. The molecule has 3 heteroatoms. The van der Waals surface area contributed by atoms with Gasteiger partial charge in [0.1, 0.15) is 0 Å². The van der Waals surface area contributed by atoms with Crippen LogP contribution in [0.5, 0.6) is 0 Å². The first-order valence-corrected chi connectivity index (χ1v) is 8.73. The summed E-state index contributed by atoms with van der Waals surface area (Å²) in [7, 11) is 0. The van der Waals surface area contributed by atoms with Gasteiger partial charge < -0.3 is 0 Å². The summed E-state index contributed by atoms with van der Waals surface area (Å²) in [6.07, 6.45) is 0. The Morgan fingerprint density at radius 2 is 1.05 bits per heavy atom. The first-order valence-electron chi connectivity index (χ1n) is 6.30. The van der Waals surface area contributed by atoms with Crippen LogP contribution in [0.15, 0.2) is 60.7 Å². The topological polar surface area (TPSA) is 40.5 Å². The molecule has 1 heterocycles. The van der Waals surface area contributed by atoms with Gasteiger partial charge in [-0.3, -0.25) is 0 Å². The predicted octanol–water partition coefficient (Wildman–Crippen LogP) is 2.32. The van der Waals surface area contributed by atoms with Crippen LogP contribution in [0.25, 0.3) is 0 Å². The minimum absolute atomic E-state index is 0.245. The molecule has 1 aliphatic heterocycles. The number of hydrogen-bond acceptors (Lipinski definition) is 2. The van der Waals surface area contributed by atoms with Crippen LogP contribution in [-0.2, 0) is 11.2 Å². The van der Waals surface area contributed by atoms with Crippen molar-refractivity contribution in [2.45, 2.75) is 21.8 Å². The van der Waals surface area contributed by atoms with Crippen molar-refractivity contribution >= 4 is 15.0 Å². The second-order valence-corrected chi connectivity index (χ2v) is 7.01. The van der Waals surface area contributed by atoms with Crippen LogP contribution in [0, 0.1) is 0 Å². The summed E-state index contributed by atoms with van der Waals surface area (Å²) in [5.41, 5.74) is -0.730. The van der Waals surface area contributed by atoms with Crippen molar-refractivity contribution < 1.29 is 10.2 Å². The van der Waals surface area contributed by atoms with Gasteiger partial charge in [-0.25, -0.2) is 0 Å². The predicted molar refractivity (Wildman–Crippen MR) is 76.0 cm³/mol. The van der Waals surface area contributed by atoms with E-state index in [1.807, 2.05) is 60.7 Å². The zero-order chi connectivity index (χ0) is 13.3. The maximum absolute atomic E-state index is 11.1. The molecule has 2 atom stereocenters. The van der Waals surface area contributed by atoms with E-state index in [0.717, 1.165) is 11.1 Å². The Labute approximate surface area is 119 Å². The van der Waals surface area contributed by atoms with E-state index >= 15 is 0 Å². The van der Waals surface area contributed by atoms with E-state index in [-0.39, 0.29) is 15.0 Å². The summed E-state index contributed by atoms with van der Waals surface area (Å²) >= 11 is 0.245. The third-order valence-electron chi connectivity index (χ3n) is 3.81. The molecule has 0 aromatic heterocycles. The van der Waals surface area contributed by atoms with Crippen molar-refractivity contribution in [3.8, 4) is 0 Å². The Morgan fingerprint density at radius 3 is 1.42 bits per heavy atom. The Kier molecular flexibility index (Phi) is 3.23. The normalized spacial score (nSPS) is 30.4. The van der Waals surface area contributed by atoms with E-state index in [4.69, 9.17) is 0 Å². The summed E-state index contributed by atoms with van der Waals surface area (Å²) in [5.74, 6) is 0. The van der Waals surface area contributed by atoms with E-state index in [1.165, 1.54) is 0 Å². The van der Waals surface area contributed by atoms with Crippen LogP contribution in [0.3, 0.4) is 0 Å². The minimum atomic E-state index is -1.17. The van der Waals surface area contributed by atoms with Gasteiger partial charge in [0.15, 0.2) is 0 Å². The van der Waals surface area contributed by atoms with Crippen LogP contribution in [-0.4, -0.2) is 25.2 Å². The molecule has 2 aromatic rings. The molecule has 1 saturated heterocycles. The fourth-order valence-corrected chi connectivity index (χ4v) is 5.81. The SMILES string of the molecule is O[C@@]1(c2ccccc2)C[Se]C[C@]1(O)c1ccccc1. The van der Waals surface area contributed by atoms with Gasteiger partial charge in [0.25, 0.3) is 0 Å². The number of aliphatic hydroxyl groups is 2. The van der Waals surface area contributed by atoms with Crippen LogP contribution >= 0.6 is 0 Å². The molecule has 19 heavy (non-hydrogen) atoms. The Balaban J connectivity index is 2.11. The van der Waals surface area contributed by atoms with Crippen LogP contribution in [0.1, 0.15) is 11.1 Å². The van der Waals surface area contributed by atoms with E-state index in [9.17, 15) is 10.2 Å². The summed E-state index contributed by atoms with van der Waals surface area (Å²) < 4.78 is 0. The Morgan fingerprint density at radius 1 is 0.684 bits per heavy atom. The molecular formula is C16H16O2Se. The van der Waals surface area contributed by atoms with Gasteiger partial charge in [-0.2, -0.15) is 0 Å². The Hall–Kier alpha value is -1.12. The van der Waals surface area contributed by atoms with Gasteiger partial charge in [0, 0.05) is 0 Å². The summed E-state index contributed by atoms with van der Waals surface area (Å²) in [6, 6.07) is 19.1. The fourth-order valence-electron chi connectivity index (χ4n) is 2.66. The van der Waals surface area contributed by atoms with Crippen LogP contribution in [0.2, 0.25) is 10.6 Å². The molecule has 1 fully saturated rings. The molecule has 0 amide bonds. The molecule has 2 aromatic carbocycles. The summed E-state index contributed by atoms with van der Waals surface area (Å²) in [6.45, 7) is 0. The second kappa shape index (κ2) is 4.77.